The van der Waals surface area contributed by atoms with Gasteiger partial charge in [0.2, 0.25) is 0 Å². The fraction of sp³-hybridized carbons (Fsp3) is 0.571. The van der Waals surface area contributed by atoms with Crippen LogP contribution in [0.3, 0.4) is 0 Å². The molecular weight excluding hydrogens is 217 g/mol. The summed E-state index contributed by atoms with van der Waals surface area (Å²) in [6.45, 7) is 0.624. The first-order valence-electron chi connectivity index (χ1n) is 6.41. The van der Waals surface area contributed by atoms with Crippen molar-refractivity contribution in [3.63, 3.8) is 0 Å². The van der Waals surface area contributed by atoms with E-state index in [4.69, 9.17) is 0 Å². The number of aliphatic hydroxyl groups excluding tert-OH is 1. The second-order valence-electron chi connectivity index (χ2n) is 4.82. The molecule has 3 heteroatoms. The standard InChI is InChI=1S/C14H20FNO/c15-12-6-4-5-11(9-12)10-16-13-7-2-1-3-8-14(13)17/h4-6,9,13-14,16-17H,1-3,7-8,10H2. The number of benzene rings is 1. The molecule has 2 N–H and O–H groups in total. The van der Waals surface area contributed by atoms with Crippen LogP contribution in [-0.4, -0.2) is 17.3 Å². The molecule has 1 saturated carbocycles. The highest BCUT2D eigenvalue weighted by molar-refractivity contribution is 5.16. The van der Waals surface area contributed by atoms with Gasteiger partial charge in [-0.25, -0.2) is 4.39 Å². The van der Waals surface area contributed by atoms with E-state index >= 15 is 0 Å². The first-order valence-corrected chi connectivity index (χ1v) is 6.41. The van der Waals surface area contributed by atoms with Crippen molar-refractivity contribution in [2.45, 2.75) is 50.8 Å². The lowest BCUT2D eigenvalue weighted by molar-refractivity contribution is 0.119. The minimum Gasteiger partial charge on any atom is -0.392 e. The molecule has 0 saturated heterocycles. The second-order valence-corrected chi connectivity index (χ2v) is 4.82. The maximum atomic E-state index is 13.0. The van der Waals surface area contributed by atoms with Gasteiger partial charge in [-0.3, -0.25) is 0 Å². The summed E-state index contributed by atoms with van der Waals surface area (Å²) in [5.74, 6) is -0.203. The molecule has 0 bridgehead atoms. The summed E-state index contributed by atoms with van der Waals surface area (Å²) >= 11 is 0. The molecule has 2 rings (SSSR count). The van der Waals surface area contributed by atoms with Gasteiger partial charge in [-0.15, -0.1) is 0 Å². The Labute approximate surface area is 102 Å². The summed E-state index contributed by atoms with van der Waals surface area (Å²) in [4.78, 5) is 0. The second kappa shape index (κ2) is 6.12. The monoisotopic (exact) mass is 237 g/mol. The molecule has 0 spiro atoms. The molecule has 2 nitrogen and oxygen atoms in total. The van der Waals surface area contributed by atoms with Crippen LogP contribution in [0.5, 0.6) is 0 Å². The van der Waals surface area contributed by atoms with Gasteiger partial charge >= 0.3 is 0 Å². The van der Waals surface area contributed by atoms with Gasteiger partial charge in [-0.2, -0.15) is 0 Å². The molecule has 1 aromatic rings. The van der Waals surface area contributed by atoms with E-state index in [0.717, 1.165) is 31.2 Å². The van der Waals surface area contributed by atoms with Gasteiger partial charge in [0.15, 0.2) is 0 Å². The lowest BCUT2D eigenvalue weighted by atomic mass is 10.1. The lowest BCUT2D eigenvalue weighted by Crippen LogP contribution is -2.38. The molecule has 2 atom stereocenters. The summed E-state index contributed by atoms with van der Waals surface area (Å²) in [7, 11) is 0. The number of rotatable bonds is 3. The van der Waals surface area contributed by atoms with Crippen LogP contribution in [-0.2, 0) is 6.54 Å². The van der Waals surface area contributed by atoms with E-state index < -0.39 is 0 Å². The zero-order valence-electron chi connectivity index (χ0n) is 10.0. The number of hydrogen-bond acceptors (Lipinski definition) is 2. The zero-order valence-corrected chi connectivity index (χ0v) is 10.0. The predicted molar refractivity (Wildman–Crippen MR) is 66.1 cm³/mol. The minimum absolute atomic E-state index is 0.153. The van der Waals surface area contributed by atoms with Crippen molar-refractivity contribution in [2.24, 2.45) is 0 Å². The highest BCUT2D eigenvalue weighted by Gasteiger charge is 2.20. The molecule has 0 aromatic heterocycles. The van der Waals surface area contributed by atoms with E-state index in [-0.39, 0.29) is 18.0 Å². The third kappa shape index (κ3) is 3.79. The predicted octanol–water partition coefficient (Wildman–Crippen LogP) is 2.61. The first kappa shape index (κ1) is 12.5. The SMILES string of the molecule is OC1CCCCCC1NCc1cccc(F)c1. The number of nitrogens with one attached hydrogen (secondary N) is 1. The summed E-state index contributed by atoms with van der Waals surface area (Å²) in [5.41, 5.74) is 0.932. The highest BCUT2D eigenvalue weighted by Crippen LogP contribution is 2.18. The van der Waals surface area contributed by atoms with Gasteiger partial charge < -0.3 is 10.4 Å². The van der Waals surface area contributed by atoms with Gasteiger partial charge in [0.05, 0.1) is 6.10 Å². The Morgan fingerprint density at radius 2 is 2.06 bits per heavy atom. The van der Waals surface area contributed by atoms with Crippen molar-refractivity contribution < 1.29 is 9.50 Å². The molecule has 0 aliphatic heterocycles. The molecule has 94 valence electrons. The van der Waals surface area contributed by atoms with Crippen LogP contribution in [0.1, 0.15) is 37.7 Å². The van der Waals surface area contributed by atoms with E-state index in [2.05, 4.69) is 5.32 Å². The van der Waals surface area contributed by atoms with Gasteiger partial charge in [0.25, 0.3) is 0 Å². The zero-order chi connectivity index (χ0) is 12.1. The maximum Gasteiger partial charge on any atom is 0.123 e. The Kier molecular flexibility index (Phi) is 4.51. The first-order chi connectivity index (χ1) is 8.25. The Bertz CT molecular complexity index is 356. The molecule has 0 radical (unpaired) electrons. The van der Waals surface area contributed by atoms with Gasteiger partial charge in [-0.05, 0) is 30.5 Å². The normalized spacial score (nSPS) is 25.5. The van der Waals surface area contributed by atoms with Crippen LogP contribution in [0, 0.1) is 5.82 Å². The topological polar surface area (TPSA) is 32.3 Å². The van der Waals surface area contributed by atoms with Crippen molar-refractivity contribution in [3.8, 4) is 0 Å². The summed E-state index contributed by atoms with van der Waals surface area (Å²) in [6, 6.07) is 6.76. The lowest BCUT2D eigenvalue weighted by Gasteiger charge is -2.21. The Hall–Kier alpha value is -0.930. The van der Waals surface area contributed by atoms with Crippen LogP contribution in [0.15, 0.2) is 24.3 Å². The third-order valence-electron chi connectivity index (χ3n) is 3.44. The molecule has 2 unspecified atom stereocenters. The van der Waals surface area contributed by atoms with Gasteiger partial charge in [-0.1, -0.05) is 31.4 Å². The van der Waals surface area contributed by atoms with Crippen molar-refractivity contribution in [3.05, 3.63) is 35.6 Å². The van der Waals surface area contributed by atoms with Crippen LogP contribution in [0.4, 0.5) is 4.39 Å². The van der Waals surface area contributed by atoms with Crippen LogP contribution in [0.25, 0.3) is 0 Å². The summed E-state index contributed by atoms with van der Waals surface area (Å²) in [5, 5.41) is 13.3. The minimum atomic E-state index is -0.258. The summed E-state index contributed by atoms with van der Waals surface area (Å²) < 4.78 is 13.0. The molecule has 0 heterocycles. The third-order valence-corrected chi connectivity index (χ3v) is 3.44. The molecule has 17 heavy (non-hydrogen) atoms. The highest BCUT2D eigenvalue weighted by atomic mass is 19.1. The largest absolute Gasteiger partial charge is 0.392 e. The fourth-order valence-electron chi connectivity index (χ4n) is 2.42. The van der Waals surface area contributed by atoms with Crippen molar-refractivity contribution in [2.75, 3.05) is 0 Å². The Morgan fingerprint density at radius 3 is 2.88 bits per heavy atom. The summed E-state index contributed by atoms with van der Waals surface area (Å²) in [6.07, 6.45) is 5.11. The number of hydrogen-bond donors (Lipinski definition) is 2. The van der Waals surface area contributed by atoms with Gasteiger partial charge in [0, 0.05) is 12.6 Å². The van der Waals surface area contributed by atoms with Crippen molar-refractivity contribution in [1.82, 2.24) is 5.32 Å². The van der Waals surface area contributed by atoms with Crippen molar-refractivity contribution >= 4 is 0 Å². The fourth-order valence-corrected chi connectivity index (χ4v) is 2.42. The molecule has 1 aliphatic carbocycles. The molecule has 1 fully saturated rings. The molecule has 1 aromatic carbocycles. The molecular formula is C14H20FNO. The van der Waals surface area contributed by atoms with E-state index in [9.17, 15) is 9.50 Å². The average Bonchev–Trinajstić information content (AvgIpc) is 2.52. The van der Waals surface area contributed by atoms with Crippen LogP contribution >= 0.6 is 0 Å². The van der Waals surface area contributed by atoms with Crippen molar-refractivity contribution in [1.29, 1.82) is 0 Å². The molecule has 1 aliphatic rings. The number of halogens is 1. The average molecular weight is 237 g/mol. The maximum absolute atomic E-state index is 13.0. The van der Waals surface area contributed by atoms with E-state index in [1.807, 2.05) is 6.07 Å². The smallest absolute Gasteiger partial charge is 0.123 e. The Balaban J connectivity index is 1.88. The van der Waals surface area contributed by atoms with E-state index in [1.54, 1.807) is 6.07 Å². The number of aliphatic hydroxyl groups is 1. The van der Waals surface area contributed by atoms with E-state index in [1.165, 1.54) is 18.6 Å². The molecule has 0 amide bonds. The van der Waals surface area contributed by atoms with Crippen LogP contribution in [0.2, 0.25) is 0 Å². The Morgan fingerprint density at radius 1 is 1.24 bits per heavy atom. The van der Waals surface area contributed by atoms with Crippen LogP contribution < -0.4 is 5.32 Å². The van der Waals surface area contributed by atoms with E-state index in [0.29, 0.717) is 6.54 Å². The van der Waals surface area contributed by atoms with Gasteiger partial charge in [0.1, 0.15) is 5.82 Å². The quantitative estimate of drug-likeness (QED) is 0.792.